The summed E-state index contributed by atoms with van der Waals surface area (Å²) >= 11 is 1.77. The second-order valence-electron chi connectivity index (χ2n) is 2.28. The molecule has 0 fully saturated rings. The van der Waals surface area contributed by atoms with Crippen LogP contribution in [0.3, 0.4) is 0 Å². The highest BCUT2D eigenvalue weighted by Gasteiger charge is 1.92. The minimum Gasteiger partial charge on any atom is -0.497 e. The van der Waals surface area contributed by atoms with Crippen molar-refractivity contribution >= 4 is 11.8 Å². The van der Waals surface area contributed by atoms with Crippen LogP contribution in [0, 0.1) is 0 Å². The lowest BCUT2D eigenvalue weighted by molar-refractivity contribution is 0.414. The van der Waals surface area contributed by atoms with Crippen molar-refractivity contribution in [3.63, 3.8) is 0 Å². The normalized spacial score (nSPS) is 9.42. The Morgan fingerprint density at radius 2 is 2.08 bits per heavy atom. The molecule has 0 aromatic heterocycles. The van der Waals surface area contributed by atoms with E-state index in [1.54, 1.807) is 18.9 Å². The van der Waals surface area contributed by atoms with Gasteiger partial charge in [-0.15, -0.1) is 18.3 Å². The molecule has 0 aliphatic carbocycles. The monoisotopic (exact) mass is 180 g/mol. The van der Waals surface area contributed by atoms with Gasteiger partial charge in [0.15, 0.2) is 0 Å². The van der Waals surface area contributed by atoms with Crippen LogP contribution in [-0.4, -0.2) is 12.9 Å². The third-order valence-corrected chi connectivity index (χ3v) is 2.44. The second-order valence-corrected chi connectivity index (χ2v) is 3.37. The molecular weight excluding hydrogens is 168 g/mol. The van der Waals surface area contributed by atoms with Crippen molar-refractivity contribution in [3.8, 4) is 5.75 Å². The van der Waals surface area contributed by atoms with Crippen molar-refractivity contribution < 1.29 is 4.74 Å². The summed E-state index contributed by atoms with van der Waals surface area (Å²) < 4.78 is 5.04. The van der Waals surface area contributed by atoms with E-state index in [1.807, 2.05) is 30.3 Å². The molecule has 0 amide bonds. The molecule has 1 aromatic carbocycles. The fourth-order valence-corrected chi connectivity index (χ4v) is 1.47. The van der Waals surface area contributed by atoms with Gasteiger partial charge < -0.3 is 4.74 Å². The predicted molar refractivity (Wildman–Crippen MR) is 53.9 cm³/mol. The Labute approximate surface area is 77.4 Å². The Morgan fingerprint density at radius 3 is 2.58 bits per heavy atom. The van der Waals surface area contributed by atoms with Gasteiger partial charge in [0.25, 0.3) is 0 Å². The Hall–Kier alpha value is -0.890. The van der Waals surface area contributed by atoms with Gasteiger partial charge in [-0.2, -0.15) is 0 Å². The molecule has 0 saturated heterocycles. The molecule has 0 radical (unpaired) electrons. The van der Waals surface area contributed by atoms with Gasteiger partial charge in [-0.3, -0.25) is 0 Å². The number of thioether (sulfide) groups is 1. The highest BCUT2D eigenvalue weighted by atomic mass is 32.2. The van der Waals surface area contributed by atoms with Crippen molar-refractivity contribution in [3.05, 3.63) is 36.9 Å². The summed E-state index contributed by atoms with van der Waals surface area (Å²) in [6.45, 7) is 3.66. The van der Waals surface area contributed by atoms with E-state index in [4.69, 9.17) is 4.74 Å². The molecular formula is C10H12OS. The fraction of sp³-hybridized carbons (Fsp3) is 0.200. The van der Waals surface area contributed by atoms with Crippen molar-refractivity contribution in [2.75, 3.05) is 12.9 Å². The minimum atomic E-state index is 0.901. The van der Waals surface area contributed by atoms with Crippen LogP contribution in [0.25, 0.3) is 0 Å². The first-order chi connectivity index (χ1) is 5.86. The molecule has 12 heavy (non-hydrogen) atoms. The summed E-state index contributed by atoms with van der Waals surface area (Å²) in [5.41, 5.74) is 0. The first-order valence-corrected chi connectivity index (χ1v) is 4.73. The molecule has 0 N–H and O–H groups in total. The average Bonchev–Trinajstić information content (AvgIpc) is 2.15. The molecule has 0 unspecified atom stereocenters. The lowest BCUT2D eigenvalue weighted by atomic mass is 10.3. The van der Waals surface area contributed by atoms with E-state index in [0.29, 0.717) is 0 Å². The van der Waals surface area contributed by atoms with E-state index in [1.165, 1.54) is 4.90 Å². The first kappa shape index (κ1) is 9.20. The third-order valence-electron chi connectivity index (χ3n) is 1.43. The molecule has 0 aliphatic heterocycles. The molecule has 0 saturated carbocycles. The average molecular weight is 180 g/mol. The standard InChI is InChI=1S/C10H12OS/c1-3-8-12-10-6-4-9(11-2)5-7-10/h3-7H,1,8H2,2H3. The van der Waals surface area contributed by atoms with Crippen molar-refractivity contribution in [1.82, 2.24) is 0 Å². The SMILES string of the molecule is C=CCSc1ccc(OC)cc1. The third kappa shape index (κ3) is 2.62. The zero-order chi connectivity index (χ0) is 8.81. The molecule has 0 bridgehead atoms. The summed E-state index contributed by atoms with van der Waals surface area (Å²) in [6.07, 6.45) is 1.90. The molecule has 1 nitrogen and oxygen atoms in total. The van der Waals surface area contributed by atoms with Crippen LogP contribution in [0.15, 0.2) is 41.8 Å². The second kappa shape index (κ2) is 4.88. The first-order valence-electron chi connectivity index (χ1n) is 3.74. The topological polar surface area (TPSA) is 9.23 Å². The molecule has 0 aliphatic rings. The van der Waals surface area contributed by atoms with Crippen LogP contribution in [0.2, 0.25) is 0 Å². The van der Waals surface area contributed by atoms with Crippen molar-refractivity contribution in [2.45, 2.75) is 4.90 Å². The zero-order valence-electron chi connectivity index (χ0n) is 7.12. The van der Waals surface area contributed by atoms with Crippen molar-refractivity contribution in [1.29, 1.82) is 0 Å². The van der Waals surface area contributed by atoms with E-state index in [-0.39, 0.29) is 0 Å². The molecule has 0 atom stereocenters. The van der Waals surface area contributed by atoms with Gasteiger partial charge in [0.1, 0.15) is 5.75 Å². The van der Waals surface area contributed by atoms with Gasteiger partial charge in [-0.1, -0.05) is 6.08 Å². The molecule has 64 valence electrons. The van der Waals surface area contributed by atoms with Crippen LogP contribution in [0.1, 0.15) is 0 Å². The summed E-state index contributed by atoms with van der Waals surface area (Å²) in [5.74, 6) is 1.85. The Morgan fingerprint density at radius 1 is 1.42 bits per heavy atom. The van der Waals surface area contributed by atoms with Gasteiger partial charge in [0, 0.05) is 10.6 Å². The summed E-state index contributed by atoms with van der Waals surface area (Å²) in [4.78, 5) is 1.25. The van der Waals surface area contributed by atoms with Crippen LogP contribution in [0.4, 0.5) is 0 Å². The molecule has 0 spiro atoms. The molecule has 2 heteroatoms. The van der Waals surface area contributed by atoms with Gasteiger partial charge in [0.05, 0.1) is 7.11 Å². The number of methoxy groups -OCH3 is 1. The van der Waals surface area contributed by atoms with Gasteiger partial charge in [0.2, 0.25) is 0 Å². The summed E-state index contributed by atoms with van der Waals surface area (Å²) in [6, 6.07) is 8.02. The summed E-state index contributed by atoms with van der Waals surface area (Å²) in [7, 11) is 1.67. The van der Waals surface area contributed by atoms with Gasteiger partial charge >= 0.3 is 0 Å². The Bertz CT molecular complexity index is 241. The number of hydrogen-bond donors (Lipinski definition) is 0. The Balaban J connectivity index is 2.58. The number of benzene rings is 1. The highest BCUT2D eigenvalue weighted by molar-refractivity contribution is 7.99. The molecule has 1 rings (SSSR count). The lowest BCUT2D eigenvalue weighted by Crippen LogP contribution is -1.81. The van der Waals surface area contributed by atoms with E-state index in [2.05, 4.69) is 6.58 Å². The number of ether oxygens (including phenoxy) is 1. The quantitative estimate of drug-likeness (QED) is 0.520. The minimum absolute atomic E-state index is 0.901. The maximum Gasteiger partial charge on any atom is 0.118 e. The van der Waals surface area contributed by atoms with Gasteiger partial charge in [-0.05, 0) is 24.3 Å². The number of rotatable bonds is 4. The molecule has 0 heterocycles. The van der Waals surface area contributed by atoms with Crippen molar-refractivity contribution in [2.24, 2.45) is 0 Å². The maximum atomic E-state index is 5.04. The van der Waals surface area contributed by atoms with Crippen LogP contribution >= 0.6 is 11.8 Å². The maximum absolute atomic E-state index is 5.04. The van der Waals surface area contributed by atoms with E-state index in [0.717, 1.165) is 11.5 Å². The zero-order valence-corrected chi connectivity index (χ0v) is 7.93. The summed E-state index contributed by atoms with van der Waals surface area (Å²) in [5, 5.41) is 0. The largest absolute Gasteiger partial charge is 0.497 e. The highest BCUT2D eigenvalue weighted by Crippen LogP contribution is 2.20. The van der Waals surface area contributed by atoms with E-state index in [9.17, 15) is 0 Å². The van der Waals surface area contributed by atoms with Gasteiger partial charge in [-0.25, -0.2) is 0 Å². The fourth-order valence-electron chi connectivity index (χ4n) is 0.827. The lowest BCUT2D eigenvalue weighted by Gasteiger charge is -2.00. The van der Waals surface area contributed by atoms with Crippen LogP contribution in [0.5, 0.6) is 5.75 Å². The predicted octanol–water partition coefficient (Wildman–Crippen LogP) is 2.97. The van der Waals surface area contributed by atoms with Crippen LogP contribution in [-0.2, 0) is 0 Å². The molecule has 1 aromatic rings. The number of hydrogen-bond acceptors (Lipinski definition) is 2. The van der Waals surface area contributed by atoms with Crippen LogP contribution < -0.4 is 4.74 Å². The smallest absolute Gasteiger partial charge is 0.118 e. The Kier molecular flexibility index (Phi) is 3.74. The van der Waals surface area contributed by atoms with E-state index < -0.39 is 0 Å². The van der Waals surface area contributed by atoms with E-state index >= 15 is 0 Å².